The van der Waals surface area contributed by atoms with Gasteiger partial charge in [-0.25, -0.2) is 0 Å². The summed E-state index contributed by atoms with van der Waals surface area (Å²) < 4.78 is 0. The van der Waals surface area contributed by atoms with Crippen molar-refractivity contribution in [1.29, 1.82) is 0 Å². The summed E-state index contributed by atoms with van der Waals surface area (Å²) in [6.07, 6.45) is 1.89. The number of hydrogen-bond donors (Lipinski definition) is 1. The molecule has 0 bridgehead atoms. The van der Waals surface area contributed by atoms with E-state index in [2.05, 4.69) is 4.98 Å². The lowest BCUT2D eigenvalue weighted by Crippen LogP contribution is -2.12. The average molecular weight is 272 g/mol. The van der Waals surface area contributed by atoms with Crippen molar-refractivity contribution in [2.45, 2.75) is 5.92 Å². The molecule has 96 valence electrons. The van der Waals surface area contributed by atoms with Gasteiger partial charge >= 0.3 is 0 Å². The quantitative estimate of drug-likeness (QED) is 0.582. The fourth-order valence-electron chi connectivity index (χ4n) is 2.36. The predicted octanol–water partition coefficient (Wildman–Crippen LogP) is 3.64. The van der Waals surface area contributed by atoms with Crippen LogP contribution < -0.4 is 0 Å². The first-order valence-corrected chi connectivity index (χ1v) is 6.85. The molecule has 0 saturated carbocycles. The van der Waals surface area contributed by atoms with Crippen molar-refractivity contribution in [2.75, 3.05) is 6.54 Å². The van der Waals surface area contributed by atoms with Crippen LogP contribution in [0.4, 0.5) is 0 Å². The van der Waals surface area contributed by atoms with Crippen molar-refractivity contribution in [3.05, 3.63) is 68.5 Å². The number of H-pyrrole nitrogens is 1. The SMILES string of the molecule is O=[N+]([O-])C[C@H](c1cccs1)c1c[nH]c2ccccc12. The minimum absolute atomic E-state index is 0.0810. The maximum absolute atomic E-state index is 10.9. The summed E-state index contributed by atoms with van der Waals surface area (Å²) in [7, 11) is 0. The summed E-state index contributed by atoms with van der Waals surface area (Å²) in [6.45, 7) is -0.0810. The second-order valence-corrected chi connectivity index (χ2v) is 5.35. The van der Waals surface area contributed by atoms with E-state index in [4.69, 9.17) is 0 Å². The Morgan fingerprint density at radius 2 is 2.11 bits per heavy atom. The van der Waals surface area contributed by atoms with E-state index >= 15 is 0 Å². The van der Waals surface area contributed by atoms with Crippen LogP contribution >= 0.6 is 11.3 Å². The Hall–Kier alpha value is -2.14. The van der Waals surface area contributed by atoms with Gasteiger partial charge in [0.15, 0.2) is 0 Å². The van der Waals surface area contributed by atoms with Gasteiger partial charge in [-0.15, -0.1) is 11.3 Å². The Labute approximate surface area is 113 Å². The Morgan fingerprint density at radius 3 is 2.84 bits per heavy atom. The third-order valence-corrected chi connectivity index (χ3v) is 4.20. The highest BCUT2D eigenvalue weighted by Crippen LogP contribution is 2.33. The van der Waals surface area contributed by atoms with Gasteiger partial charge in [-0.05, 0) is 23.1 Å². The van der Waals surface area contributed by atoms with Crippen LogP contribution in [0.1, 0.15) is 16.4 Å². The number of nitrogens with zero attached hydrogens (tertiary/aromatic N) is 1. The van der Waals surface area contributed by atoms with Gasteiger partial charge in [0, 0.05) is 26.9 Å². The monoisotopic (exact) mass is 272 g/mol. The summed E-state index contributed by atoms with van der Waals surface area (Å²) in [5.41, 5.74) is 2.01. The molecule has 1 N–H and O–H groups in total. The standard InChI is InChI=1S/C14H12N2O2S/c17-16(18)9-12(14-6-3-7-19-14)11-8-15-13-5-2-1-4-10(11)13/h1-8,12,15H,9H2/t12-/m0/s1. The second-order valence-electron chi connectivity index (χ2n) is 4.37. The third kappa shape index (κ3) is 2.24. The number of thiophene rings is 1. The molecule has 5 heteroatoms. The van der Waals surface area contributed by atoms with Crippen LogP contribution in [-0.4, -0.2) is 16.5 Å². The largest absolute Gasteiger partial charge is 0.361 e. The van der Waals surface area contributed by atoms with Gasteiger partial charge in [0.2, 0.25) is 6.54 Å². The normalized spacial score (nSPS) is 12.6. The number of benzene rings is 1. The molecule has 0 aliphatic heterocycles. The lowest BCUT2D eigenvalue weighted by molar-refractivity contribution is -0.481. The molecule has 2 aromatic heterocycles. The maximum atomic E-state index is 10.9. The molecule has 3 aromatic rings. The summed E-state index contributed by atoms with van der Waals surface area (Å²) in [4.78, 5) is 14.9. The van der Waals surface area contributed by atoms with Crippen molar-refractivity contribution in [3.8, 4) is 0 Å². The van der Waals surface area contributed by atoms with E-state index in [1.807, 2.05) is 48.0 Å². The zero-order valence-electron chi connectivity index (χ0n) is 10.1. The van der Waals surface area contributed by atoms with E-state index in [0.29, 0.717) is 0 Å². The number of aromatic nitrogens is 1. The number of rotatable bonds is 4. The Balaban J connectivity index is 2.11. The minimum atomic E-state index is -0.244. The predicted molar refractivity (Wildman–Crippen MR) is 76.3 cm³/mol. The van der Waals surface area contributed by atoms with E-state index in [1.165, 1.54) is 0 Å². The molecule has 1 aromatic carbocycles. The second kappa shape index (κ2) is 4.85. The fourth-order valence-corrected chi connectivity index (χ4v) is 3.20. The highest BCUT2D eigenvalue weighted by Gasteiger charge is 2.23. The number of nitrogens with one attached hydrogen (secondary N) is 1. The van der Waals surface area contributed by atoms with E-state index in [1.54, 1.807) is 11.3 Å². The molecule has 19 heavy (non-hydrogen) atoms. The highest BCUT2D eigenvalue weighted by molar-refractivity contribution is 7.10. The van der Waals surface area contributed by atoms with Crippen LogP contribution in [0.5, 0.6) is 0 Å². The molecular weight excluding hydrogens is 260 g/mol. The van der Waals surface area contributed by atoms with E-state index in [0.717, 1.165) is 21.3 Å². The maximum Gasteiger partial charge on any atom is 0.215 e. The van der Waals surface area contributed by atoms with Crippen molar-refractivity contribution in [1.82, 2.24) is 4.98 Å². The van der Waals surface area contributed by atoms with Crippen LogP contribution in [0.3, 0.4) is 0 Å². The Bertz CT molecular complexity index is 703. The molecule has 0 saturated heterocycles. The van der Waals surface area contributed by atoms with E-state index in [9.17, 15) is 10.1 Å². The van der Waals surface area contributed by atoms with Crippen molar-refractivity contribution < 1.29 is 4.92 Å². The van der Waals surface area contributed by atoms with Gasteiger partial charge < -0.3 is 4.98 Å². The number of hydrogen-bond acceptors (Lipinski definition) is 3. The van der Waals surface area contributed by atoms with Crippen molar-refractivity contribution in [3.63, 3.8) is 0 Å². The molecule has 0 unspecified atom stereocenters. The molecule has 0 fully saturated rings. The van der Waals surface area contributed by atoms with Crippen LogP contribution in [0, 0.1) is 10.1 Å². The number of para-hydroxylation sites is 1. The molecule has 0 amide bonds. The Kier molecular flexibility index (Phi) is 3.05. The lowest BCUT2D eigenvalue weighted by Gasteiger charge is -2.10. The molecule has 1 atom stereocenters. The number of nitro groups is 1. The van der Waals surface area contributed by atoms with E-state index < -0.39 is 0 Å². The zero-order valence-corrected chi connectivity index (χ0v) is 10.9. The molecule has 4 nitrogen and oxygen atoms in total. The van der Waals surface area contributed by atoms with Crippen molar-refractivity contribution >= 4 is 22.2 Å². The molecule has 0 aliphatic rings. The molecular formula is C14H12N2O2S. The zero-order chi connectivity index (χ0) is 13.2. The molecule has 0 aliphatic carbocycles. The smallest absolute Gasteiger partial charge is 0.215 e. The highest BCUT2D eigenvalue weighted by atomic mass is 32.1. The first-order chi connectivity index (χ1) is 9.25. The van der Waals surface area contributed by atoms with Gasteiger partial charge in [-0.2, -0.15) is 0 Å². The number of aromatic amines is 1. The van der Waals surface area contributed by atoms with Crippen LogP contribution in [0.2, 0.25) is 0 Å². The third-order valence-electron chi connectivity index (χ3n) is 3.21. The first-order valence-electron chi connectivity index (χ1n) is 5.97. The van der Waals surface area contributed by atoms with Crippen LogP contribution in [-0.2, 0) is 0 Å². The average Bonchev–Trinajstić information content (AvgIpc) is 3.05. The first kappa shape index (κ1) is 11.9. The van der Waals surface area contributed by atoms with Gasteiger partial charge in [0.1, 0.15) is 0 Å². The molecule has 3 rings (SSSR count). The summed E-state index contributed by atoms with van der Waals surface area (Å²) in [5.74, 6) is -0.189. The lowest BCUT2D eigenvalue weighted by atomic mass is 9.97. The van der Waals surface area contributed by atoms with Gasteiger partial charge in [-0.1, -0.05) is 24.3 Å². The van der Waals surface area contributed by atoms with Gasteiger partial charge in [0.05, 0.1) is 5.92 Å². The Morgan fingerprint density at radius 1 is 1.26 bits per heavy atom. The molecule has 0 spiro atoms. The summed E-state index contributed by atoms with van der Waals surface area (Å²) in [5, 5.41) is 13.9. The fraction of sp³-hybridized carbons (Fsp3) is 0.143. The van der Waals surface area contributed by atoms with Gasteiger partial charge in [0.25, 0.3) is 0 Å². The van der Waals surface area contributed by atoms with Crippen molar-refractivity contribution in [2.24, 2.45) is 0 Å². The summed E-state index contributed by atoms with van der Waals surface area (Å²) >= 11 is 1.56. The van der Waals surface area contributed by atoms with Crippen LogP contribution in [0.15, 0.2) is 48.0 Å². The minimum Gasteiger partial charge on any atom is -0.361 e. The van der Waals surface area contributed by atoms with E-state index in [-0.39, 0.29) is 17.4 Å². The number of fused-ring (bicyclic) bond motifs is 1. The van der Waals surface area contributed by atoms with Crippen LogP contribution in [0.25, 0.3) is 10.9 Å². The summed E-state index contributed by atoms with van der Waals surface area (Å²) in [6, 6.07) is 11.8. The molecule has 0 radical (unpaired) electrons. The van der Waals surface area contributed by atoms with Gasteiger partial charge in [-0.3, -0.25) is 10.1 Å². The molecule has 2 heterocycles. The topological polar surface area (TPSA) is 58.9 Å².